The number of nitrogens with zero attached hydrogens (tertiary/aromatic N) is 2. The van der Waals surface area contributed by atoms with Gasteiger partial charge < -0.3 is 15.5 Å². The number of nitrogen functional groups attached to an aromatic ring is 1. The Bertz CT molecular complexity index is 378. The molecule has 0 amide bonds. The number of hydrogen-bond acceptors (Lipinski definition) is 3. The summed E-state index contributed by atoms with van der Waals surface area (Å²) in [4.78, 5) is 4.95. The summed E-state index contributed by atoms with van der Waals surface area (Å²) in [7, 11) is 4.36. The van der Waals surface area contributed by atoms with Gasteiger partial charge in [0.25, 0.3) is 0 Å². The predicted molar refractivity (Wildman–Crippen MR) is 86.9 cm³/mol. The normalized spacial score (nSPS) is 17.8. The number of nitrogens with two attached hydrogens (primary N) is 1. The number of aryl methyl sites for hydroxylation is 1. The fraction of sp³-hybridized carbons (Fsp3) is 0.647. The fourth-order valence-electron chi connectivity index (χ4n) is 3.10. The van der Waals surface area contributed by atoms with Crippen molar-refractivity contribution in [2.24, 2.45) is 5.92 Å². The molecule has 0 aromatic heterocycles. The summed E-state index contributed by atoms with van der Waals surface area (Å²) in [6, 6.07) is 8.31. The van der Waals surface area contributed by atoms with Gasteiger partial charge in [0.05, 0.1) is 0 Å². The number of rotatable bonds is 6. The lowest BCUT2D eigenvalue weighted by Crippen LogP contribution is -2.37. The van der Waals surface area contributed by atoms with Crippen LogP contribution in [-0.4, -0.2) is 50.1 Å². The average Bonchev–Trinajstić information content (AvgIpc) is 2.42. The van der Waals surface area contributed by atoms with Gasteiger partial charge in [-0.15, -0.1) is 0 Å². The van der Waals surface area contributed by atoms with Crippen LogP contribution in [0.1, 0.15) is 24.8 Å². The minimum atomic E-state index is 0.858. The molecule has 1 aliphatic rings. The smallest absolute Gasteiger partial charge is 0.0314 e. The molecular weight excluding hydrogens is 246 g/mol. The highest BCUT2D eigenvalue weighted by Crippen LogP contribution is 2.18. The maximum atomic E-state index is 5.71. The van der Waals surface area contributed by atoms with E-state index in [1.165, 1.54) is 51.0 Å². The van der Waals surface area contributed by atoms with Gasteiger partial charge in [0, 0.05) is 12.2 Å². The van der Waals surface area contributed by atoms with Gasteiger partial charge >= 0.3 is 0 Å². The van der Waals surface area contributed by atoms with Crippen molar-refractivity contribution in [3.05, 3.63) is 29.8 Å². The van der Waals surface area contributed by atoms with Gasteiger partial charge in [-0.2, -0.15) is 0 Å². The summed E-state index contributed by atoms with van der Waals surface area (Å²) in [5.41, 5.74) is 7.97. The number of piperidine rings is 1. The molecule has 2 N–H and O–H groups in total. The first-order valence-electron chi connectivity index (χ1n) is 7.85. The van der Waals surface area contributed by atoms with E-state index in [0.29, 0.717) is 0 Å². The zero-order chi connectivity index (χ0) is 14.4. The highest BCUT2D eigenvalue weighted by Gasteiger charge is 2.18. The first-order valence-corrected chi connectivity index (χ1v) is 7.85. The average molecular weight is 275 g/mol. The van der Waals surface area contributed by atoms with E-state index in [4.69, 9.17) is 5.73 Å². The molecule has 112 valence electrons. The topological polar surface area (TPSA) is 32.5 Å². The second kappa shape index (κ2) is 7.65. The van der Waals surface area contributed by atoms with E-state index >= 15 is 0 Å². The second-order valence-electron chi connectivity index (χ2n) is 6.39. The third-order valence-corrected chi connectivity index (χ3v) is 4.25. The van der Waals surface area contributed by atoms with E-state index in [2.05, 4.69) is 36.0 Å². The highest BCUT2D eigenvalue weighted by atomic mass is 15.1. The van der Waals surface area contributed by atoms with Gasteiger partial charge in [0.2, 0.25) is 0 Å². The van der Waals surface area contributed by atoms with Gasteiger partial charge in [0.15, 0.2) is 0 Å². The lowest BCUT2D eigenvalue weighted by atomic mass is 9.96. The maximum Gasteiger partial charge on any atom is 0.0314 e. The molecule has 1 aromatic carbocycles. The molecule has 2 rings (SSSR count). The Morgan fingerprint density at radius 2 is 1.80 bits per heavy atom. The largest absolute Gasteiger partial charge is 0.399 e. The van der Waals surface area contributed by atoms with E-state index in [1.807, 2.05) is 12.1 Å². The molecule has 0 bridgehead atoms. The number of benzene rings is 1. The van der Waals surface area contributed by atoms with Crippen molar-refractivity contribution in [2.45, 2.75) is 25.7 Å². The van der Waals surface area contributed by atoms with E-state index in [9.17, 15) is 0 Å². The second-order valence-corrected chi connectivity index (χ2v) is 6.39. The lowest BCUT2D eigenvalue weighted by molar-refractivity contribution is 0.161. The summed E-state index contributed by atoms with van der Waals surface area (Å²) < 4.78 is 0. The van der Waals surface area contributed by atoms with Gasteiger partial charge in [-0.25, -0.2) is 0 Å². The van der Waals surface area contributed by atoms with E-state index < -0.39 is 0 Å². The summed E-state index contributed by atoms with van der Waals surface area (Å²) >= 11 is 0. The molecule has 0 atom stereocenters. The van der Waals surface area contributed by atoms with Crippen LogP contribution in [0.3, 0.4) is 0 Å². The van der Waals surface area contributed by atoms with Crippen molar-refractivity contribution in [2.75, 3.05) is 46.0 Å². The third kappa shape index (κ3) is 5.14. The molecule has 3 nitrogen and oxygen atoms in total. The predicted octanol–water partition coefficient (Wildman–Crippen LogP) is 2.47. The van der Waals surface area contributed by atoms with E-state index in [-0.39, 0.29) is 0 Å². The van der Waals surface area contributed by atoms with Crippen LogP contribution in [0.5, 0.6) is 0 Å². The Hall–Kier alpha value is -1.06. The van der Waals surface area contributed by atoms with Gasteiger partial charge in [0.1, 0.15) is 0 Å². The number of likely N-dealkylation sites (tertiary alicyclic amines) is 1. The van der Waals surface area contributed by atoms with E-state index in [1.54, 1.807) is 0 Å². The summed E-state index contributed by atoms with van der Waals surface area (Å²) in [6.45, 7) is 5.04. The van der Waals surface area contributed by atoms with Crippen molar-refractivity contribution >= 4 is 5.69 Å². The SMILES string of the molecule is CN(C)CC1CCN(CCCc2ccc(N)cc2)CC1. The van der Waals surface area contributed by atoms with Crippen LogP contribution in [0.2, 0.25) is 0 Å². The number of anilines is 1. The summed E-state index contributed by atoms with van der Waals surface area (Å²) in [5, 5.41) is 0. The van der Waals surface area contributed by atoms with Crippen LogP contribution in [0.15, 0.2) is 24.3 Å². The van der Waals surface area contributed by atoms with Crippen molar-refractivity contribution < 1.29 is 0 Å². The molecule has 1 fully saturated rings. The Labute approximate surface area is 123 Å². The molecule has 20 heavy (non-hydrogen) atoms. The Morgan fingerprint density at radius 1 is 1.15 bits per heavy atom. The first-order chi connectivity index (χ1) is 9.63. The van der Waals surface area contributed by atoms with Gasteiger partial charge in [-0.05, 0) is 83.0 Å². The van der Waals surface area contributed by atoms with Crippen molar-refractivity contribution in [1.82, 2.24) is 9.80 Å². The Morgan fingerprint density at radius 3 is 2.40 bits per heavy atom. The molecule has 1 aromatic rings. The van der Waals surface area contributed by atoms with Crippen molar-refractivity contribution in [3.8, 4) is 0 Å². The molecule has 0 saturated carbocycles. The summed E-state index contributed by atoms with van der Waals surface area (Å²) in [6.07, 6.45) is 5.14. The molecule has 3 heteroatoms. The minimum Gasteiger partial charge on any atom is -0.399 e. The molecule has 1 heterocycles. The summed E-state index contributed by atoms with van der Waals surface area (Å²) in [5.74, 6) is 0.901. The van der Waals surface area contributed by atoms with Crippen LogP contribution in [0, 0.1) is 5.92 Å². The Kier molecular flexibility index (Phi) is 5.86. The first kappa shape index (κ1) is 15.3. The maximum absolute atomic E-state index is 5.71. The van der Waals surface area contributed by atoms with Crippen LogP contribution >= 0.6 is 0 Å². The van der Waals surface area contributed by atoms with Crippen LogP contribution in [0.4, 0.5) is 5.69 Å². The lowest BCUT2D eigenvalue weighted by Gasteiger charge is -2.33. The van der Waals surface area contributed by atoms with Crippen LogP contribution in [0.25, 0.3) is 0 Å². The molecule has 0 aliphatic carbocycles. The minimum absolute atomic E-state index is 0.858. The standard InChI is InChI=1S/C17H29N3/c1-19(2)14-16-9-12-20(13-10-16)11-3-4-15-5-7-17(18)8-6-15/h5-8,16H,3-4,9-14,18H2,1-2H3. The molecule has 1 saturated heterocycles. The van der Waals surface area contributed by atoms with E-state index in [0.717, 1.165) is 18.0 Å². The molecule has 1 aliphatic heterocycles. The fourth-order valence-corrected chi connectivity index (χ4v) is 3.10. The van der Waals surface area contributed by atoms with Crippen LogP contribution in [-0.2, 0) is 6.42 Å². The van der Waals surface area contributed by atoms with Crippen LogP contribution < -0.4 is 5.73 Å². The zero-order valence-corrected chi connectivity index (χ0v) is 13.0. The van der Waals surface area contributed by atoms with Gasteiger partial charge in [-0.1, -0.05) is 12.1 Å². The van der Waals surface area contributed by atoms with Crippen molar-refractivity contribution in [1.29, 1.82) is 0 Å². The monoisotopic (exact) mass is 275 g/mol. The molecule has 0 spiro atoms. The molecular formula is C17H29N3. The molecule has 0 unspecified atom stereocenters. The number of hydrogen-bond donors (Lipinski definition) is 1. The molecule has 0 radical (unpaired) electrons. The van der Waals surface area contributed by atoms with Crippen molar-refractivity contribution in [3.63, 3.8) is 0 Å². The highest BCUT2D eigenvalue weighted by molar-refractivity contribution is 5.39. The third-order valence-electron chi connectivity index (χ3n) is 4.25. The Balaban J connectivity index is 1.62. The zero-order valence-electron chi connectivity index (χ0n) is 13.0. The van der Waals surface area contributed by atoms with Gasteiger partial charge in [-0.3, -0.25) is 0 Å². The quantitative estimate of drug-likeness (QED) is 0.810.